The first kappa shape index (κ1) is 14.9. The monoisotopic (exact) mass is 321 g/mol. The third-order valence-electron chi connectivity index (χ3n) is 2.45. The molecule has 8 heteroatoms. The number of aromatic nitrogens is 2. The molecule has 0 amide bonds. The molecular formula is C12H8Cl2F3N3. The second-order valence-electron chi connectivity index (χ2n) is 3.88. The summed E-state index contributed by atoms with van der Waals surface area (Å²) in [5, 5.41) is 3.21. The first-order chi connectivity index (χ1) is 9.36. The summed E-state index contributed by atoms with van der Waals surface area (Å²) in [6.45, 7) is -0.0777. The number of nitrogens with zero attached hydrogens (tertiary/aromatic N) is 2. The Morgan fingerprint density at radius 2 is 1.85 bits per heavy atom. The number of halogens is 5. The van der Waals surface area contributed by atoms with Crippen molar-refractivity contribution in [3.63, 3.8) is 0 Å². The van der Waals surface area contributed by atoms with Gasteiger partial charge in [0.1, 0.15) is 11.0 Å². The van der Waals surface area contributed by atoms with Crippen molar-refractivity contribution in [2.75, 3.05) is 5.32 Å². The Morgan fingerprint density at radius 3 is 2.45 bits per heavy atom. The van der Waals surface area contributed by atoms with E-state index in [1.807, 2.05) is 0 Å². The molecule has 0 atom stereocenters. The van der Waals surface area contributed by atoms with Gasteiger partial charge in [0, 0.05) is 18.9 Å². The Hall–Kier alpha value is -1.53. The van der Waals surface area contributed by atoms with Gasteiger partial charge in [-0.25, -0.2) is 9.97 Å². The van der Waals surface area contributed by atoms with Crippen LogP contribution in [-0.4, -0.2) is 9.97 Å². The van der Waals surface area contributed by atoms with Gasteiger partial charge < -0.3 is 5.32 Å². The molecule has 3 nitrogen and oxygen atoms in total. The van der Waals surface area contributed by atoms with E-state index in [-0.39, 0.29) is 17.3 Å². The maximum atomic E-state index is 12.8. The zero-order valence-electron chi connectivity index (χ0n) is 9.88. The van der Waals surface area contributed by atoms with E-state index in [0.717, 1.165) is 0 Å². The van der Waals surface area contributed by atoms with E-state index in [1.165, 1.54) is 12.3 Å². The predicted octanol–water partition coefficient (Wildman–Crippen LogP) is 4.41. The predicted molar refractivity (Wildman–Crippen MR) is 70.8 cm³/mol. The van der Waals surface area contributed by atoms with E-state index in [1.54, 1.807) is 12.1 Å². The van der Waals surface area contributed by atoms with Crippen LogP contribution in [0.4, 0.5) is 19.0 Å². The SMILES string of the molecule is FC(F)(F)c1cnc(Cl)cc1CNc1ccc(Cl)cn1. The van der Waals surface area contributed by atoms with E-state index in [2.05, 4.69) is 15.3 Å². The van der Waals surface area contributed by atoms with Gasteiger partial charge in [-0.15, -0.1) is 0 Å². The lowest BCUT2D eigenvalue weighted by Gasteiger charge is -2.13. The van der Waals surface area contributed by atoms with Crippen molar-refractivity contribution in [1.29, 1.82) is 0 Å². The quantitative estimate of drug-likeness (QED) is 0.851. The smallest absolute Gasteiger partial charge is 0.366 e. The van der Waals surface area contributed by atoms with Crippen molar-refractivity contribution in [2.45, 2.75) is 12.7 Å². The van der Waals surface area contributed by atoms with Crippen LogP contribution in [0.3, 0.4) is 0 Å². The van der Waals surface area contributed by atoms with Crippen molar-refractivity contribution in [1.82, 2.24) is 9.97 Å². The number of rotatable bonds is 3. The maximum absolute atomic E-state index is 12.8. The van der Waals surface area contributed by atoms with Crippen molar-refractivity contribution in [2.24, 2.45) is 0 Å². The molecule has 0 aromatic carbocycles. The minimum atomic E-state index is -4.48. The molecule has 1 N–H and O–H groups in total. The first-order valence-electron chi connectivity index (χ1n) is 5.43. The zero-order valence-corrected chi connectivity index (χ0v) is 11.4. The fourth-order valence-electron chi connectivity index (χ4n) is 1.54. The fraction of sp³-hybridized carbons (Fsp3) is 0.167. The van der Waals surface area contributed by atoms with E-state index in [9.17, 15) is 13.2 Å². The maximum Gasteiger partial charge on any atom is 0.418 e. The molecule has 2 aromatic rings. The van der Waals surface area contributed by atoms with Crippen molar-refractivity contribution in [3.05, 3.63) is 51.9 Å². The lowest BCUT2D eigenvalue weighted by molar-refractivity contribution is -0.138. The summed E-state index contributed by atoms with van der Waals surface area (Å²) in [7, 11) is 0. The Balaban J connectivity index is 2.20. The van der Waals surface area contributed by atoms with Crippen LogP contribution in [0.1, 0.15) is 11.1 Å². The van der Waals surface area contributed by atoms with E-state index >= 15 is 0 Å². The third kappa shape index (κ3) is 3.74. The summed E-state index contributed by atoms with van der Waals surface area (Å²) >= 11 is 11.3. The Kier molecular flexibility index (Phi) is 4.35. The number of hydrogen-bond acceptors (Lipinski definition) is 3. The second-order valence-corrected chi connectivity index (χ2v) is 4.70. The van der Waals surface area contributed by atoms with Crippen molar-refractivity contribution >= 4 is 29.0 Å². The summed E-state index contributed by atoms with van der Waals surface area (Å²) in [6, 6.07) is 4.33. The molecule has 0 bridgehead atoms. The van der Waals surface area contributed by atoms with E-state index in [0.29, 0.717) is 17.0 Å². The molecule has 0 aliphatic carbocycles. The fourth-order valence-corrected chi connectivity index (χ4v) is 1.83. The number of nitrogens with one attached hydrogen (secondary N) is 1. The molecule has 106 valence electrons. The van der Waals surface area contributed by atoms with Gasteiger partial charge >= 0.3 is 6.18 Å². The molecule has 0 saturated heterocycles. The molecule has 0 unspecified atom stereocenters. The van der Waals surface area contributed by atoms with Crippen LogP contribution in [0.2, 0.25) is 10.2 Å². The highest BCUT2D eigenvalue weighted by atomic mass is 35.5. The van der Waals surface area contributed by atoms with Crippen LogP contribution in [0.5, 0.6) is 0 Å². The highest BCUT2D eigenvalue weighted by Gasteiger charge is 2.33. The van der Waals surface area contributed by atoms with Gasteiger partial charge in [-0.3, -0.25) is 0 Å². The molecule has 20 heavy (non-hydrogen) atoms. The average Bonchev–Trinajstić information content (AvgIpc) is 2.36. The van der Waals surface area contributed by atoms with Crippen LogP contribution in [0, 0.1) is 0 Å². The van der Waals surface area contributed by atoms with Gasteiger partial charge in [0.15, 0.2) is 0 Å². The summed E-state index contributed by atoms with van der Waals surface area (Å²) in [5.74, 6) is 0.412. The minimum Gasteiger partial charge on any atom is -0.366 e. The Bertz CT molecular complexity index is 600. The van der Waals surface area contributed by atoms with E-state index < -0.39 is 11.7 Å². The number of hydrogen-bond donors (Lipinski definition) is 1. The van der Waals surface area contributed by atoms with Gasteiger partial charge in [-0.2, -0.15) is 13.2 Å². The van der Waals surface area contributed by atoms with Crippen molar-refractivity contribution in [3.8, 4) is 0 Å². The summed E-state index contributed by atoms with van der Waals surface area (Å²) in [6.07, 6.45) is -2.37. The molecule has 2 rings (SSSR count). The summed E-state index contributed by atoms with van der Waals surface area (Å²) < 4.78 is 38.4. The molecule has 2 aromatic heterocycles. The van der Waals surface area contributed by atoms with Crippen LogP contribution in [0.15, 0.2) is 30.6 Å². The highest BCUT2D eigenvalue weighted by Crippen LogP contribution is 2.32. The van der Waals surface area contributed by atoms with Gasteiger partial charge in [-0.05, 0) is 23.8 Å². The lowest BCUT2D eigenvalue weighted by atomic mass is 10.1. The minimum absolute atomic E-state index is 0.00105. The highest BCUT2D eigenvalue weighted by molar-refractivity contribution is 6.30. The Morgan fingerprint density at radius 1 is 1.10 bits per heavy atom. The van der Waals surface area contributed by atoms with Crippen LogP contribution >= 0.6 is 23.2 Å². The van der Waals surface area contributed by atoms with Gasteiger partial charge in [-0.1, -0.05) is 23.2 Å². The van der Waals surface area contributed by atoms with Crippen LogP contribution in [0.25, 0.3) is 0 Å². The molecule has 2 heterocycles. The number of anilines is 1. The third-order valence-corrected chi connectivity index (χ3v) is 2.88. The zero-order chi connectivity index (χ0) is 14.8. The number of pyridine rings is 2. The number of alkyl halides is 3. The molecule has 0 fully saturated rings. The molecule has 0 spiro atoms. The topological polar surface area (TPSA) is 37.8 Å². The van der Waals surface area contributed by atoms with Gasteiger partial charge in [0.2, 0.25) is 0 Å². The largest absolute Gasteiger partial charge is 0.418 e. The van der Waals surface area contributed by atoms with Crippen LogP contribution < -0.4 is 5.32 Å². The molecule has 0 saturated carbocycles. The molecule has 0 aliphatic rings. The first-order valence-corrected chi connectivity index (χ1v) is 6.19. The van der Waals surface area contributed by atoms with Crippen LogP contribution in [-0.2, 0) is 12.7 Å². The van der Waals surface area contributed by atoms with E-state index in [4.69, 9.17) is 23.2 Å². The Labute approximate surface area is 122 Å². The molecule has 0 aliphatic heterocycles. The summed E-state index contributed by atoms with van der Waals surface area (Å²) in [5.41, 5.74) is -0.836. The molecular weight excluding hydrogens is 314 g/mol. The lowest BCUT2D eigenvalue weighted by Crippen LogP contribution is -2.13. The average molecular weight is 322 g/mol. The molecule has 0 radical (unpaired) electrons. The van der Waals surface area contributed by atoms with Gasteiger partial charge in [0.05, 0.1) is 10.6 Å². The normalized spacial score (nSPS) is 11.4. The summed E-state index contributed by atoms with van der Waals surface area (Å²) in [4.78, 5) is 7.39. The van der Waals surface area contributed by atoms with Crippen molar-refractivity contribution < 1.29 is 13.2 Å². The second kappa shape index (κ2) is 5.85. The van der Waals surface area contributed by atoms with Gasteiger partial charge in [0.25, 0.3) is 0 Å². The standard InChI is InChI=1S/C12H8Cl2F3N3/c13-8-1-2-11(20-5-8)19-4-7-3-10(14)18-6-9(7)12(15,16)17/h1-3,5-6H,4H2,(H,19,20).